The van der Waals surface area contributed by atoms with E-state index in [1.807, 2.05) is 24.6 Å². The van der Waals surface area contributed by atoms with E-state index in [9.17, 15) is 8.42 Å². The Kier molecular flexibility index (Phi) is 5.33. The van der Waals surface area contributed by atoms with E-state index >= 15 is 0 Å². The van der Waals surface area contributed by atoms with Crippen molar-refractivity contribution in [3.05, 3.63) is 45.9 Å². The van der Waals surface area contributed by atoms with Crippen molar-refractivity contribution in [3.63, 3.8) is 0 Å². The maximum atomic E-state index is 12.0. The van der Waals surface area contributed by atoms with Crippen molar-refractivity contribution >= 4 is 21.4 Å². The van der Waals surface area contributed by atoms with E-state index < -0.39 is 10.0 Å². The van der Waals surface area contributed by atoms with E-state index in [0.717, 1.165) is 17.8 Å². The fourth-order valence-corrected chi connectivity index (χ4v) is 3.63. The molecule has 0 aliphatic rings. The molecule has 1 atom stereocenters. The van der Waals surface area contributed by atoms with Crippen LogP contribution in [0.3, 0.4) is 0 Å². The standard InChI is InChI=1S/C15H21N3O2S2/c1-11(16-9-15-12(2)17-10-21-15)13-5-7-14(8-6-13)22(19,20)18(3)4/h5-8,10-11,16H,9H2,1-4H3. The summed E-state index contributed by atoms with van der Waals surface area (Å²) in [6, 6.07) is 7.15. The lowest BCUT2D eigenvalue weighted by atomic mass is 10.1. The van der Waals surface area contributed by atoms with E-state index in [1.54, 1.807) is 23.5 Å². The van der Waals surface area contributed by atoms with Gasteiger partial charge in [-0.05, 0) is 31.5 Å². The number of thiazole rings is 1. The summed E-state index contributed by atoms with van der Waals surface area (Å²) in [6.07, 6.45) is 0. The Hall–Kier alpha value is -1.28. The maximum absolute atomic E-state index is 12.0. The zero-order valence-corrected chi connectivity index (χ0v) is 14.8. The molecule has 0 saturated carbocycles. The fraction of sp³-hybridized carbons (Fsp3) is 0.400. The molecule has 1 heterocycles. The summed E-state index contributed by atoms with van der Waals surface area (Å²) in [4.78, 5) is 5.76. The van der Waals surface area contributed by atoms with Gasteiger partial charge in [0, 0.05) is 31.6 Å². The van der Waals surface area contributed by atoms with Gasteiger partial charge in [-0.2, -0.15) is 0 Å². The molecule has 2 aromatic rings. The van der Waals surface area contributed by atoms with Gasteiger partial charge in [0.2, 0.25) is 10.0 Å². The molecule has 22 heavy (non-hydrogen) atoms. The summed E-state index contributed by atoms with van der Waals surface area (Å²) in [5, 5.41) is 3.43. The number of sulfonamides is 1. The Morgan fingerprint density at radius 3 is 2.41 bits per heavy atom. The summed E-state index contributed by atoms with van der Waals surface area (Å²) >= 11 is 1.64. The second-order valence-corrected chi connectivity index (χ2v) is 8.41. The number of benzene rings is 1. The van der Waals surface area contributed by atoms with Crippen molar-refractivity contribution in [3.8, 4) is 0 Å². The quantitative estimate of drug-likeness (QED) is 0.878. The maximum Gasteiger partial charge on any atom is 0.242 e. The summed E-state index contributed by atoms with van der Waals surface area (Å²) in [5.74, 6) is 0. The molecule has 0 radical (unpaired) electrons. The van der Waals surface area contributed by atoms with Gasteiger partial charge in [-0.25, -0.2) is 17.7 Å². The Labute approximate surface area is 136 Å². The highest BCUT2D eigenvalue weighted by Crippen LogP contribution is 2.19. The van der Waals surface area contributed by atoms with E-state index in [0.29, 0.717) is 4.90 Å². The average Bonchev–Trinajstić information content (AvgIpc) is 2.90. The van der Waals surface area contributed by atoms with E-state index in [1.165, 1.54) is 23.3 Å². The highest BCUT2D eigenvalue weighted by molar-refractivity contribution is 7.89. The summed E-state index contributed by atoms with van der Waals surface area (Å²) in [5.41, 5.74) is 3.95. The van der Waals surface area contributed by atoms with Gasteiger partial charge in [-0.15, -0.1) is 11.3 Å². The number of nitrogens with one attached hydrogen (secondary N) is 1. The fourth-order valence-electron chi connectivity index (χ4n) is 2.00. The lowest BCUT2D eigenvalue weighted by molar-refractivity contribution is 0.520. The van der Waals surface area contributed by atoms with Crippen molar-refractivity contribution in [2.75, 3.05) is 14.1 Å². The molecular formula is C15H21N3O2S2. The highest BCUT2D eigenvalue weighted by Gasteiger charge is 2.17. The van der Waals surface area contributed by atoms with Gasteiger partial charge in [0.15, 0.2) is 0 Å². The third-order valence-electron chi connectivity index (χ3n) is 3.57. The molecule has 1 unspecified atom stereocenters. The van der Waals surface area contributed by atoms with Crippen LogP contribution in [0.2, 0.25) is 0 Å². The third-order valence-corrected chi connectivity index (χ3v) is 6.34. The molecular weight excluding hydrogens is 318 g/mol. The van der Waals surface area contributed by atoms with Gasteiger partial charge < -0.3 is 5.32 Å². The van der Waals surface area contributed by atoms with Crippen molar-refractivity contribution in [2.24, 2.45) is 0 Å². The predicted octanol–water partition coefficient (Wildman–Crippen LogP) is 2.55. The normalized spacial score (nSPS) is 13.5. The molecule has 7 heteroatoms. The minimum Gasteiger partial charge on any atom is -0.305 e. The lowest BCUT2D eigenvalue weighted by Gasteiger charge is -2.15. The molecule has 0 aliphatic carbocycles. The molecule has 120 valence electrons. The molecule has 1 aromatic carbocycles. The second-order valence-electron chi connectivity index (χ2n) is 5.32. The van der Waals surface area contributed by atoms with E-state index in [-0.39, 0.29) is 6.04 Å². The number of aromatic nitrogens is 1. The van der Waals surface area contributed by atoms with Gasteiger partial charge >= 0.3 is 0 Å². The van der Waals surface area contributed by atoms with Crippen LogP contribution in [0.25, 0.3) is 0 Å². The number of rotatable bonds is 6. The van der Waals surface area contributed by atoms with Crippen LogP contribution < -0.4 is 5.32 Å². The molecule has 0 fully saturated rings. The molecule has 0 aliphatic heterocycles. The van der Waals surface area contributed by atoms with Crippen LogP contribution >= 0.6 is 11.3 Å². The molecule has 0 spiro atoms. The van der Waals surface area contributed by atoms with Crippen molar-refractivity contribution < 1.29 is 8.42 Å². The molecule has 2 rings (SSSR count). The minimum absolute atomic E-state index is 0.137. The Morgan fingerprint density at radius 2 is 1.91 bits per heavy atom. The molecule has 0 amide bonds. The largest absolute Gasteiger partial charge is 0.305 e. The monoisotopic (exact) mass is 339 g/mol. The van der Waals surface area contributed by atoms with Crippen molar-refractivity contribution in [1.29, 1.82) is 0 Å². The van der Waals surface area contributed by atoms with Crippen molar-refractivity contribution in [2.45, 2.75) is 31.3 Å². The van der Waals surface area contributed by atoms with Gasteiger partial charge in [0.05, 0.1) is 16.1 Å². The lowest BCUT2D eigenvalue weighted by Crippen LogP contribution is -2.22. The van der Waals surface area contributed by atoms with Crippen LogP contribution in [0.1, 0.15) is 29.1 Å². The number of hydrogen-bond acceptors (Lipinski definition) is 5. The second kappa shape index (κ2) is 6.87. The van der Waals surface area contributed by atoms with E-state index in [2.05, 4.69) is 17.2 Å². The smallest absolute Gasteiger partial charge is 0.242 e. The predicted molar refractivity (Wildman–Crippen MR) is 89.4 cm³/mol. The molecule has 0 bridgehead atoms. The third kappa shape index (κ3) is 3.73. The first-order valence-electron chi connectivity index (χ1n) is 6.97. The average molecular weight is 339 g/mol. The topological polar surface area (TPSA) is 62.3 Å². The van der Waals surface area contributed by atoms with Crippen LogP contribution in [-0.2, 0) is 16.6 Å². The molecule has 1 aromatic heterocycles. The first-order chi connectivity index (χ1) is 10.3. The van der Waals surface area contributed by atoms with Gasteiger partial charge in [-0.3, -0.25) is 0 Å². The van der Waals surface area contributed by atoms with E-state index in [4.69, 9.17) is 0 Å². The van der Waals surface area contributed by atoms with Crippen LogP contribution in [-0.4, -0.2) is 31.8 Å². The van der Waals surface area contributed by atoms with Gasteiger partial charge in [0.1, 0.15) is 0 Å². The first kappa shape index (κ1) is 17.1. The van der Waals surface area contributed by atoms with Gasteiger partial charge in [0.25, 0.3) is 0 Å². The number of nitrogens with zero attached hydrogens (tertiary/aromatic N) is 2. The van der Waals surface area contributed by atoms with Crippen LogP contribution in [0.4, 0.5) is 0 Å². The van der Waals surface area contributed by atoms with Crippen molar-refractivity contribution in [1.82, 2.24) is 14.6 Å². The van der Waals surface area contributed by atoms with Crippen LogP contribution in [0.15, 0.2) is 34.7 Å². The summed E-state index contributed by atoms with van der Waals surface area (Å²) < 4.78 is 25.3. The summed E-state index contributed by atoms with van der Waals surface area (Å²) in [7, 11) is -0.301. The molecule has 5 nitrogen and oxygen atoms in total. The zero-order chi connectivity index (χ0) is 16.3. The minimum atomic E-state index is -3.37. The van der Waals surface area contributed by atoms with Gasteiger partial charge in [-0.1, -0.05) is 12.1 Å². The summed E-state index contributed by atoms with van der Waals surface area (Å²) in [6.45, 7) is 4.82. The number of hydrogen-bond donors (Lipinski definition) is 1. The highest BCUT2D eigenvalue weighted by atomic mass is 32.2. The molecule has 1 N–H and O–H groups in total. The zero-order valence-electron chi connectivity index (χ0n) is 13.2. The SMILES string of the molecule is Cc1ncsc1CNC(C)c1ccc(S(=O)(=O)N(C)C)cc1. The Balaban J connectivity index is 2.05. The van der Waals surface area contributed by atoms with Crippen LogP contribution in [0.5, 0.6) is 0 Å². The Bertz CT molecular complexity index is 722. The first-order valence-corrected chi connectivity index (χ1v) is 9.29. The Morgan fingerprint density at radius 1 is 1.27 bits per heavy atom. The molecule has 0 saturated heterocycles. The number of aryl methyl sites for hydroxylation is 1. The van der Waals surface area contributed by atoms with Crippen LogP contribution in [0, 0.1) is 6.92 Å².